The van der Waals surface area contributed by atoms with Crippen LogP contribution in [0.25, 0.3) is 0 Å². The number of aliphatic carboxylic acids is 1. The van der Waals surface area contributed by atoms with E-state index in [1.54, 1.807) is 19.1 Å². The van der Waals surface area contributed by atoms with Crippen molar-refractivity contribution in [3.63, 3.8) is 0 Å². The van der Waals surface area contributed by atoms with Gasteiger partial charge in [0.2, 0.25) is 0 Å². The van der Waals surface area contributed by atoms with Crippen molar-refractivity contribution >= 4 is 11.7 Å². The normalized spacial score (nSPS) is 9.86. The molecule has 0 bridgehead atoms. The Labute approximate surface area is 82.3 Å². The van der Waals surface area contributed by atoms with Gasteiger partial charge in [-0.05, 0) is 25.5 Å². The molecule has 1 aromatic carbocycles. The number of carboxylic acids is 1. The summed E-state index contributed by atoms with van der Waals surface area (Å²) in [6.07, 6.45) is 0. The third-order valence-electron chi connectivity index (χ3n) is 1.98. The Hall–Kier alpha value is -1.71. The molecule has 0 aliphatic heterocycles. The summed E-state index contributed by atoms with van der Waals surface area (Å²) in [5.41, 5.74) is 7.95. The summed E-state index contributed by atoms with van der Waals surface area (Å²) in [5, 5.41) is 8.47. The van der Waals surface area contributed by atoms with Crippen LogP contribution >= 0.6 is 0 Å². The number of nitrogens with two attached hydrogens (primary N) is 1. The minimum absolute atomic E-state index is 0.342. The number of carboxylic acid groups (broad SMARTS) is 1. The van der Waals surface area contributed by atoms with Gasteiger partial charge in [-0.3, -0.25) is 0 Å². The quantitative estimate of drug-likeness (QED) is 0.714. The minimum Gasteiger partial charge on any atom is -0.481 e. The lowest BCUT2D eigenvalue weighted by atomic mass is 10.1. The lowest BCUT2D eigenvalue weighted by Crippen LogP contribution is -2.11. The third-order valence-corrected chi connectivity index (χ3v) is 1.98. The molecule has 0 unspecified atom stereocenters. The first kappa shape index (κ1) is 10.4. The van der Waals surface area contributed by atoms with E-state index >= 15 is 0 Å². The summed E-state index contributed by atoms with van der Waals surface area (Å²) in [6, 6.07) is 3.58. The molecule has 0 atom stereocenters. The highest BCUT2D eigenvalue weighted by Crippen LogP contribution is 2.27. The smallest absolute Gasteiger partial charge is 0.341 e. The molecule has 4 heteroatoms. The molecular formula is C10H13NO3. The van der Waals surface area contributed by atoms with E-state index in [2.05, 4.69) is 0 Å². The van der Waals surface area contributed by atoms with Gasteiger partial charge in [0, 0.05) is 11.3 Å². The maximum Gasteiger partial charge on any atom is 0.341 e. The molecule has 1 aromatic rings. The Morgan fingerprint density at radius 2 is 2.14 bits per heavy atom. The molecule has 0 radical (unpaired) electrons. The zero-order valence-electron chi connectivity index (χ0n) is 8.20. The molecule has 0 aromatic heterocycles. The van der Waals surface area contributed by atoms with Gasteiger partial charge in [-0.1, -0.05) is 6.07 Å². The second kappa shape index (κ2) is 4.00. The van der Waals surface area contributed by atoms with Gasteiger partial charge >= 0.3 is 5.97 Å². The van der Waals surface area contributed by atoms with E-state index < -0.39 is 5.97 Å². The maximum atomic E-state index is 10.3. The highest BCUT2D eigenvalue weighted by molar-refractivity contribution is 5.69. The van der Waals surface area contributed by atoms with Gasteiger partial charge in [-0.15, -0.1) is 0 Å². The molecular weight excluding hydrogens is 182 g/mol. The summed E-state index contributed by atoms with van der Waals surface area (Å²) in [6.45, 7) is 3.31. The number of hydrogen-bond acceptors (Lipinski definition) is 3. The van der Waals surface area contributed by atoms with E-state index in [-0.39, 0.29) is 6.61 Å². The average molecular weight is 195 g/mol. The van der Waals surface area contributed by atoms with Gasteiger partial charge in [0.15, 0.2) is 6.61 Å². The summed E-state index contributed by atoms with van der Waals surface area (Å²) in [7, 11) is 0. The molecule has 0 saturated heterocycles. The Bertz CT molecular complexity index is 361. The predicted molar refractivity (Wildman–Crippen MR) is 53.5 cm³/mol. The van der Waals surface area contributed by atoms with Crippen LogP contribution in [-0.4, -0.2) is 17.7 Å². The van der Waals surface area contributed by atoms with Gasteiger partial charge < -0.3 is 15.6 Å². The van der Waals surface area contributed by atoms with Crippen LogP contribution in [0.3, 0.4) is 0 Å². The van der Waals surface area contributed by atoms with Crippen LogP contribution in [0.5, 0.6) is 5.75 Å². The van der Waals surface area contributed by atoms with E-state index in [4.69, 9.17) is 15.6 Å². The average Bonchev–Trinajstić information content (AvgIpc) is 2.11. The summed E-state index contributed by atoms with van der Waals surface area (Å²) < 4.78 is 5.13. The Balaban J connectivity index is 2.95. The minimum atomic E-state index is -0.994. The van der Waals surface area contributed by atoms with Crippen molar-refractivity contribution in [2.45, 2.75) is 13.8 Å². The van der Waals surface area contributed by atoms with Gasteiger partial charge in [-0.2, -0.15) is 0 Å². The second-order valence-electron chi connectivity index (χ2n) is 3.11. The second-order valence-corrected chi connectivity index (χ2v) is 3.11. The number of rotatable bonds is 3. The van der Waals surface area contributed by atoms with Crippen LogP contribution < -0.4 is 10.5 Å². The Kier molecular flexibility index (Phi) is 2.96. The summed E-state index contributed by atoms with van der Waals surface area (Å²) in [4.78, 5) is 10.3. The van der Waals surface area contributed by atoms with Gasteiger partial charge in [0.1, 0.15) is 5.75 Å². The van der Waals surface area contributed by atoms with E-state index in [0.717, 1.165) is 11.1 Å². The lowest BCUT2D eigenvalue weighted by molar-refractivity contribution is -0.139. The zero-order chi connectivity index (χ0) is 10.7. The van der Waals surface area contributed by atoms with Crippen LogP contribution in [0, 0.1) is 13.8 Å². The number of nitrogen functional groups attached to an aromatic ring is 1. The fourth-order valence-corrected chi connectivity index (χ4v) is 1.20. The van der Waals surface area contributed by atoms with E-state index in [1.807, 2.05) is 6.92 Å². The SMILES string of the molecule is Cc1ccc(N)c(C)c1OCC(=O)O. The number of aryl methyl sites for hydroxylation is 1. The number of carbonyl (C=O) groups is 1. The molecule has 0 aliphatic rings. The van der Waals surface area contributed by atoms with Crippen LogP contribution in [-0.2, 0) is 4.79 Å². The molecule has 0 fully saturated rings. The van der Waals surface area contributed by atoms with Gasteiger partial charge in [-0.25, -0.2) is 4.79 Å². The fraction of sp³-hybridized carbons (Fsp3) is 0.300. The maximum absolute atomic E-state index is 10.3. The molecule has 3 N–H and O–H groups in total. The molecule has 0 heterocycles. The first-order chi connectivity index (χ1) is 6.52. The highest BCUT2D eigenvalue weighted by atomic mass is 16.5. The molecule has 76 valence electrons. The highest BCUT2D eigenvalue weighted by Gasteiger charge is 2.08. The van der Waals surface area contributed by atoms with Crippen molar-refractivity contribution in [1.29, 1.82) is 0 Å². The van der Waals surface area contributed by atoms with Crippen LogP contribution in [0.1, 0.15) is 11.1 Å². The molecule has 1 rings (SSSR count). The van der Waals surface area contributed by atoms with Crippen molar-refractivity contribution in [2.75, 3.05) is 12.3 Å². The first-order valence-electron chi connectivity index (χ1n) is 4.22. The molecule has 0 aliphatic carbocycles. The molecule has 14 heavy (non-hydrogen) atoms. The van der Waals surface area contributed by atoms with Gasteiger partial charge in [0.25, 0.3) is 0 Å². The molecule has 4 nitrogen and oxygen atoms in total. The predicted octanol–water partition coefficient (Wildman–Crippen LogP) is 1.35. The lowest BCUT2D eigenvalue weighted by Gasteiger charge is -2.11. The van der Waals surface area contributed by atoms with Gasteiger partial charge in [0.05, 0.1) is 0 Å². The molecule has 0 spiro atoms. The zero-order valence-corrected chi connectivity index (χ0v) is 8.20. The van der Waals surface area contributed by atoms with E-state index in [1.165, 1.54) is 0 Å². The largest absolute Gasteiger partial charge is 0.481 e. The monoisotopic (exact) mass is 195 g/mol. The van der Waals surface area contributed by atoms with E-state index in [0.29, 0.717) is 11.4 Å². The van der Waals surface area contributed by atoms with E-state index in [9.17, 15) is 4.79 Å². The molecule has 0 saturated carbocycles. The van der Waals surface area contributed by atoms with Crippen molar-refractivity contribution in [2.24, 2.45) is 0 Å². The van der Waals surface area contributed by atoms with Crippen molar-refractivity contribution in [3.8, 4) is 5.75 Å². The van der Waals surface area contributed by atoms with Crippen molar-refractivity contribution in [3.05, 3.63) is 23.3 Å². The standard InChI is InChI=1S/C10H13NO3/c1-6-3-4-8(11)7(2)10(6)14-5-9(12)13/h3-4H,5,11H2,1-2H3,(H,12,13). The fourth-order valence-electron chi connectivity index (χ4n) is 1.20. The number of ether oxygens (including phenoxy) is 1. The summed E-state index contributed by atoms with van der Waals surface area (Å²) in [5.74, 6) is -0.432. The van der Waals surface area contributed by atoms with Crippen molar-refractivity contribution in [1.82, 2.24) is 0 Å². The van der Waals surface area contributed by atoms with Crippen molar-refractivity contribution < 1.29 is 14.6 Å². The number of anilines is 1. The number of hydrogen-bond donors (Lipinski definition) is 2. The van der Waals surface area contributed by atoms with Crippen LogP contribution in [0.15, 0.2) is 12.1 Å². The topological polar surface area (TPSA) is 72.5 Å². The first-order valence-corrected chi connectivity index (χ1v) is 4.22. The third kappa shape index (κ3) is 2.16. The Morgan fingerprint density at radius 3 is 2.71 bits per heavy atom. The summed E-state index contributed by atoms with van der Waals surface area (Å²) >= 11 is 0. The Morgan fingerprint density at radius 1 is 1.50 bits per heavy atom. The van der Waals surface area contributed by atoms with Crippen LogP contribution in [0.4, 0.5) is 5.69 Å². The molecule has 0 amide bonds. The number of benzene rings is 1. The van der Waals surface area contributed by atoms with Crippen LogP contribution in [0.2, 0.25) is 0 Å².